The van der Waals surface area contributed by atoms with Gasteiger partial charge in [0.2, 0.25) is 11.8 Å². The van der Waals surface area contributed by atoms with Crippen molar-refractivity contribution in [1.29, 1.82) is 0 Å². The van der Waals surface area contributed by atoms with Gasteiger partial charge in [0, 0.05) is 6.07 Å². The van der Waals surface area contributed by atoms with Gasteiger partial charge in [0.15, 0.2) is 0 Å². The van der Waals surface area contributed by atoms with Crippen LogP contribution < -0.4 is 11.3 Å². The topological polar surface area (TPSA) is 96.4 Å². The molecule has 0 aliphatic rings. The first-order valence-corrected chi connectivity index (χ1v) is 3.25. The number of fused-ring (bicyclic) bond motifs is 1. The van der Waals surface area contributed by atoms with Crippen molar-refractivity contribution in [3.8, 4) is 5.88 Å². The normalized spacial score (nSPS) is 10.7. The Hall–Kier alpha value is -1.98. The van der Waals surface area contributed by atoms with Gasteiger partial charge in [0.25, 0.3) is 5.56 Å². The van der Waals surface area contributed by atoms with E-state index in [1.807, 2.05) is 0 Å². The molecule has 0 aliphatic carbocycles. The number of H-pyrrole nitrogens is 1. The highest BCUT2D eigenvalue weighted by Gasteiger charge is 2.04. The number of aromatic nitrogens is 3. The van der Waals surface area contributed by atoms with Crippen molar-refractivity contribution in [1.82, 2.24) is 14.6 Å². The predicted molar refractivity (Wildman–Crippen MR) is 41.9 cm³/mol. The molecule has 0 radical (unpaired) electrons. The largest absolute Gasteiger partial charge is 0.493 e. The average Bonchev–Trinajstić information content (AvgIpc) is 2.33. The molecule has 0 saturated carbocycles. The molecule has 6 nitrogen and oxygen atoms in total. The summed E-state index contributed by atoms with van der Waals surface area (Å²) in [5, 5.41) is 12.8. The third kappa shape index (κ3) is 0.746. The Morgan fingerprint density at radius 1 is 1.58 bits per heavy atom. The molecule has 6 heteroatoms. The first-order chi connectivity index (χ1) is 5.68. The Labute approximate surface area is 66.3 Å². The summed E-state index contributed by atoms with van der Waals surface area (Å²) in [4.78, 5) is 13.4. The van der Waals surface area contributed by atoms with E-state index >= 15 is 0 Å². The molecule has 0 saturated heterocycles. The maximum Gasteiger partial charge on any atom is 0.276 e. The molecule has 0 unspecified atom stereocenters. The minimum atomic E-state index is -0.372. The van der Waals surface area contributed by atoms with Crippen LogP contribution in [0.5, 0.6) is 5.88 Å². The summed E-state index contributed by atoms with van der Waals surface area (Å²) in [6.45, 7) is 0. The molecule has 2 aromatic heterocycles. The van der Waals surface area contributed by atoms with Crippen molar-refractivity contribution in [2.24, 2.45) is 0 Å². The summed E-state index contributed by atoms with van der Waals surface area (Å²) in [6.07, 6.45) is 0. The maximum absolute atomic E-state index is 11.1. The molecular weight excluding hydrogens is 160 g/mol. The fourth-order valence-corrected chi connectivity index (χ4v) is 1.01. The molecule has 4 N–H and O–H groups in total. The fraction of sp³-hybridized carbons (Fsp3) is 0. The molecule has 0 aliphatic heterocycles. The van der Waals surface area contributed by atoms with Crippen LogP contribution >= 0.6 is 0 Å². The maximum atomic E-state index is 11.1. The number of rotatable bonds is 0. The fourth-order valence-electron chi connectivity index (χ4n) is 1.01. The minimum Gasteiger partial charge on any atom is -0.493 e. The van der Waals surface area contributed by atoms with Crippen LogP contribution in [-0.4, -0.2) is 19.7 Å². The summed E-state index contributed by atoms with van der Waals surface area (Å²) in [5.41, 5.74) is 5.15. The van der Waals surface area contributed by atoms with Gasteiger partial charge in [-0.05, 0) is 6.07 Å². The number of hydrogen-bond acceptors (Lipinski definition) is 4. The Kier molecular flexibility index (Phi) is 1.12. The summed E-state index contributed by atoms with van der Waals surface area (Å²) < 4.78 is 1.08. The zero-order valence-electron chi connectivity index (χ0n) is 5.98. The number of aromatic hydroxyl groups is 1. The van der Waals surface area contributed by atoms with Crippen molar-refractivity contribution in [3.05, 3.63) is 22.5 Å². The number of aromatic amines is 1. The lowest BCUT2D eigenvalue weighted by atomic mass is 10.5. The number of nitrogens with zero attached hydrogens (tertiary/aromatic N) is 2. The van der Waals surface area contributed by atoms with E-state index in [0.717, 1.165) is 4.52 Å². The van der Waals surface area contributed by atoms with Crippen LogP contribution in [0.25, 0.3) is 5.52 Å². The Morgan fingerprint density at radius 3 is 3.08 bits per heavy atom. The van der Waals surface area contributed by atoms with E-state index in [-0.39, 0.29) is 22.9 Å². The summed E-state index contributed by atoms with van der Waals surface area (Å²) in [7, 11) is 0. The quantitative estimate of drug-likeness (QED) is 0.482. The van der Waals surface area contributed by atoms with Crippen molar-refractivity contribution in [2.75, 3.05) is 5.73 Å². The molecule has 12 heavy (non-hydrogen) atoms. The number of hydrogen-bond donors (Lipinski definition) is 3. The van der Waals surface area contributed by atoms with Gasteiger partial charge in [-0.15, -0.1) is 5.10 Å². The van der Waals surface area contributed by atoms with Crippen molar-refractivity contribution in [2.45, 2.75) is 0 Å². The minimum absolute atomic E-state index is 0.0287. The van der Waals surface area contributed by atoms with Gasteiger partial charge in [-0.2, -0.15) is 4.52 Å². The van der Waals surface area contributed by atoms with Gasteiger partial charge >= 0.3 is 0 Å². The summed E-state index contributed by atoms with van der Waals surface area (Å²) >= 11 is 0. The van der Waals surface area contributed by atoms with Gasteiger partial charge in [0.1, 0.15) is 5.52 Å². The Morgan fingerprint density at radius 2 is 2.33 bits per heavy atom. The average molecular weight is 166 g/mol. The lowest BCUT2D eigenvalue weighted by Gasteiger charge is -1.95. The van der Waals surface area contributed by atoms with Crippen LogP contribution in [0.3, 0.4) is 0 Å². The van der Waals surface area contributed by atoms with Crippen molar-refractivity contribution in [3.63, 3.8) is 0 Å². The van der Waals surface area contributed by atoms with E-state index in [1.54, 1.807) is 0 Å². The number of anilines is 1. The van der Waals surface area contributed by atoms with Gasteiger partial charge in [-0.1, -0.05) is 0 Å². The van der Waals surface area contributed by atoms with E-state index in [1.165, 1.54) is 12.1 Å². The molecule has 0 spiro atoms. The molecule has 0 fully saturated rings. The van der Waals surface area contributed by atoms with Crippen LogP contribution in [0.15, 0.2) is 16.9 Å². The van der Waals surface area contributed by atoms with Gasteiger partial charge in [-0.3, -0.25) is 9.78 Å². The van der Waals surface area contributed by atoms with Gasteiger partial charge < -0.3 is 10.8 Å². The molecule has 0 atom stereocenters. The zero-order chi connectivity index (χ0) is 8.72. The lowest BCUT2D eigenvalue weighted by molar-refractivity contribution is 0.439. The molecule has 2 heterocycles. The molecule has 2 rings (SSSR count). The van der Waals surface area contributed by atoms with Crippen molar-refractivity contribution < 1.29 is 5.11 Å². The third-order valence-electron chi connectivity index (χ3n) is 1.52. The molecule has 0 amide bonds. The highest BCUT2D eigenvalue weighted by atomic mass is 16.3. The standard InChI is InChI=1S/C6H6N4O2/c7-6-8-5(12)3-1-2-4(11)10(3)9-6/h1-2,11H,(H3,7,8,9,12). The lowest BCUT2D eigenvalue weighted by Crippen LogP contribution is -2.14. The predicted octanol–water partition coefficient (Wildman–Crippen LogP) is -0.690. The smallest absolute Gasteiger partial charge is 0.276 e. The second-order valence-corrected chi connectivity index (χ2v) is 2.33. The van der Waals surface area contributed by atoms with Crippen molar-refractivity contribution >= 4 is 11.5 Å². The number of nitrogens with one attached hydrogen (secondary N) is 1. The zero-order valence-corrected chi connectivity index (χ0v) is 5.98. The van der Waals surface area contributed by atoms with Crippen LogP contribution in [0.4, 0.5) is 5.95 Å². The number of nitrogens with two attached hydrogens (primary N) is 1. The van der Waals surface area contributed by atoms with Gasteiger partial charge in [-0.25, -0.2) is 0 Å². The Balaban J connectivity index is 3.03. The monoisotopic (exact) mass is 166 g/mol. The Bertz CT molecular complexity index is 484. The third-order valence-corrected chi connectivity index (χ3v) is 1.52. The second kappa shape index (κ2) is 2.00. The van der Waals surface area contributed by atoms with E-state index in [9.17, 15) is 4.79 Å². The molecule has 62 valence electrons. The van der Waals surface area contributed by atoms with E-state index < -0.39 is 0 Å². The van der Waals surface area contributed by atoms with E-state index in [0.29, 0.717) is 0 Å². The van der Waals surface area contributed by atoms with Crippen LogP contribution in [0, 0.1) is 0 Å². The second-order valence-electron chi connectivity index (χ2n) is 2.33. The summed E-state index contributed by atoms with van der Waals surface area (Å²) in [5.74, 6) is -0.137. The van der Waals surface area contributed by atoms with Gasteiger partial charge in [0.05, 0.1) is 0 Å². The SMILES string of the molecule is Nc1nn2c(O)ccc2c(=O)[nH]1. The van der Waals surface area contributed by atoms with Crippen LogP contribution in [0.1, 0.15) is 0 Å². The van der Waals surface area contributed by atoms with E-state index in [2.05, 4.69) is 10.1 Å². The first-order valence-electron chi connectivity index (χ1n) is 3.25. The molecule has 0 bridgehead atoms. The molecule has 2 aromatic rings. The highest BCUT2D eigenvalue weighted by Crippen LogP contribution is 2.09. The highest BCUT2D eigenvalue weighted by molar-refractivity contribution is 5.48. The van der Waals surface area contributed by atoms with E-state index in [4.69, 9.17) is 10.8 Å². The number of nitrogen functional groups attached to an aromatic ring is 1. The molecular formula is C6H6N4O2. The molecule has 0 aromatic carbocycles. The van der Waals surface area contributed by atoms with Crippen LogP contribution in [-0.2, 0) is 0 Å². The summed E-state index contributed by atoms with van der Waals surface area (Å²) in [6, 6.07) is 2.83. The first kappa shape index (κ1) is 6.71. The van der Waals surface area contributed by atoms with Crippen LogP contribution in [0.2, 0.25) is 0 Å².